The van der Waals surface area contributed by atoms with E-state index in [2.05, 4.69) is 47.0 Å². The first-order chi connectivity index (χ1) is 9.29. The molecular formula is C15H22N4. The zero-order valence-corrected chi connectivity index (χ0v) is 11.8. The first kappa shape index (κ1) is 12.5. The van der Waals surface area contributed by atoms with Crippen LogP contribution in [-0.4, -0.2) is 35.7 Å². The van der Waals surface area contributed by atoms with Crippen molar-refractivity contribution in [1.29, 1.82) is 0 Å². The highest BCUT2D eigenvalue weighted by Crippen LogP contribution is 2.23. The van der Waals surface area contributed by atoms with Crippen LogP contribution in [0.25, 0.3) is 11.0 Å². The van der Waals surface area contributed by atoms with Crippen LogP contribution in [0, 0.1) is 0 Å². The van der Waals surface area contributed by atoms with Crippen LogP contribution in [-0.2, 0) is 13.5 Å². The summed E-state index contributed by atoms with van der Waals surface area (Å²) in [5, 5.41) is 3.44. The molecule has 0 atom stereocenters. The summed E-state index contributed by atoms with van der Waals surface area (Å²) in [6.07, 6.45) is 2.26. The highest BCUT2D eigenvalue weighted by Gasteiger charge is 2.16. The first-order valence-corrected chi connectivity index (χ1v) is 7.20. The maximum atomic E-state index is 4.81. The van der Waals surface area contributed by atoms with Gasteiger partial charge in [-0.15, -0.1) is 0 Å². The van der Waals surface area contributed by atoms with Crippen LogP contribution in [0.4, 0.5) is 5.95 Å². The predicted molar refractivity (Wildman–Crippen MR) is 79.8 cm³/mol. The van der Waals surface area contributed by atoms with Gasteiger partial charge in [0.15, 0.2) is 0 Å². The van der Waals surface area contributed by atoms with Crippen molar-refractivity contribution in [1.82, 2.24) is 14.9 Å². The molecule has 3 rings (SSSR count). The van der Waals surface area contributed by atoms with Crippen LogP contribution in [0.3, 0.4) is 0 Å². The molecule has 0 aliphatic carbocycles. The number of fused-ring (bicyclic) bond motifs is 1. The Morgan fingerprint density at radius 3 is 3.00 bits per heavy atom. The zero-order valence-electron chi connectivity index (χ0n) is 11.8. The van der Waals surface area contributed by atoms with Crippen LogP contribution < -0.4 is 10.2 Å². The maximum Gasteiger partial charge on any atom is 0.206 e. The van der Waals surface area contributed by atoms with Crippen LogP contribution >= 0.6 is 0 Å². The molecule has 19 heavy (non-hydrogen) atoms. The Morgan fingerprint density at radius 2 is 2.16 bits per heavy atom. The fourth-order valence-electron chi connectivity index (χ4n) is 2.77. The van der Waals surface area contributed by atoms with Gasteiger partial charge in [0, 0.05) is 26.7 Å². The van der Waals surface area contributed by atoms with E-state index in [0.717, 1.165) is 44.1 Å². The molecule has 4 heteroatoms. The van der Waals surface area contributed by atoms with Crippen LogP contribution in [0.1, 0.15) is 18.9 Å². The summed E-state index contributed by atoms with van der Waals surface area (Å²) < 4.78 is 2.24. The third kappa shape index (κ3) is 2.32. The molecule has 1 aromatic carbocycles. The summed E-state index contributed by atoms with van der Waals surface area (Å²) in [5.74, 6) is 1.10. The molecule has 1 aliphatic rings. The number of aryl methyl sites for hydroxylation is 2. The minimum absolute atomic E-state index is 1.04. The zero-order chi connectivity index (χ0) is 13.2. The largest absolute Gasteiger partial charge is 0.341 e. The number of anilines is 1. The van der Waals surface area contributed by atoms with E-state index < -0.39 is 0 Å². The molecule has 1 aliphatic heterocycles. The van der Waals surface area contributed by atoms with Gasteiger partial charge in [-0.2, -0.15) is 0 Å². The van der Waals surface area contributed by atoms with Gasteiger partial charge in [0.25, 0.3) is 0 Å². The molecule has 0 saturated carbocycles. The van der Waals surface area contributed by atoms with Gasteiger partial charge >= 0.3 is 0 Å². The fraction of sp³-hybridized carbons (Fsp3) is 0.533. The Bertz CT molecular complexity index is 565. The molecule has 1 N–H and O–H groups in total. The van der Waals surface area contributed by atoms with Gasteiger partial charge < -0.3 is 14.8 Å². The van der Waals surface area contributed by atoms with Crippen molar-refractivity contribution < 1.29 is 0 Å². The molecule has 2 aromatic rings. The van der Waals surface area contributed by atoms with E-state index in [1.807, 2.05) is 0 Å². The third-order valence-electron chi connectivity index (χ3n) is 3.95. The summed E-state index contributed by atoms with van der Waals surface area (Å²) in [4.78, 5) is 7.21. The maximum absolute atomic E-state index is 4.81. The second-order valence-corrected chi connectivity index (χ2v) is 5.24. The number of imidazole rings is 1. The Balaban J connectivity index is 2.01. The van der Waals surface area contributed by atoms with E-state index in [1.165, 1.54) is 17.5 Å². The highest BCUT2D eigenvalue weighted by atomic mass is 15.3. The van der Waals surface area contributed by atoms with Crippen molar-refractivity contribution >= 4 is 17.0 Å². The van der Waals surface area contributed by atoms with E-state index in [-0.39, 0.29) is 0 Å². The highest BCUT2D eigenvalue weighted by molar-refractivity contribution is 5.79. The van der Waals surface area contributed by atoms with Crippen molar-refractivity contribution in [3.05, 3.63) is 23.8 Å². The molecule has 1 aromatic heterocycles. The van der Waals surface area contributed by atoms with E-state index in [1.54, 1.807) is 0 Å². The van der Waals surface area contributed by atoms with Crippen molar-refractivity contribution in [3.8, 4) is 0 Å². The van der Waals surface area contributed by atoms with Crippen LogP contribution in [0.5, 0.6) is 0 Å². The van der Waals surface area contributed by atoms with Gasteiger partial charge in [-0.25, -0.2) is 4.98 Å². The van der Waals surface area contributed by atoms with Crippen molar-refractivity contribution in [2.24, 2.45) is 7.05 Å². The topological polar surface area (TPSA) is 33.1 Å². The second-order valence-electron chi connectivity index (χ2n) is 5.24. The summed E-state index contributed by atoms with van der Waals surface area (Å²) in [6.45, 7) is 6.48. The number of hydrogen-bond donors (Lipinski definition) is 1. The smallest absolute Gasteiger partial charge is 0.206 e. The number of nitrogens with zero attached hydrogens (tertiary/aromatic N) is 3. The number of hydrogen-bond acceptors (Lipinski definition) is 3. The molecule has 1 saturated heterocycles. The first-order valence-electron chi connectivity index (χ1n) is 7.20. The molecule has 102 valence electrons. The molecule has 4 nitrogen and oxygen atoms in total. The quantitative estimate of drug-likeness (QED) is 0.893. The minimum atomic E-state index is 1.04. The second kappa shape index (κ2) is 5.21. The molecule has 0 bridgehead atoms. The fourth-order valence-corrected chi connectivity index (χ4v) is 2.77. The Hall–Kier alpha value is -1.55. The molecular weight excluding hydrogens is 236 g/mol. The molecule has 1 fully saturated rings. The van der Waals surface area contributed by atoms with Gasteiger partial charge in [-0.1, -0.05) is 13.0 Å². The lowest BCUT2D eigenvalue weighted by atomic mass is 10.1. The van der Waals surface area contributed by atoms with E-state index >= 15 is 0 Å². The Kier molecular flexibility index (Phi) is 3.42. The number of rotatable bonds is 2. The molecule has 0 radical (unpaired) electrons. The average Bonchev–Trinajstić information content (AvgIpc) is 2.64. The van der Waals surface area contributed by atoms with Gasteiger partial charge in [0.1, 0.15) is 0 Å². The SMILES string of the molecule is CCc1ccc2nc(N3CCCNCC3)n(C)c2c1. The van der Waals surface area contributed by atoms with Crippen molar-refractivity contribution in [3.63, 3.8) is 0 Å². The van der Waals surface area contributed by atoms with E-state index in [9.17, 15) is 0 Å². The molecule has 0 amide bonds. The average molecular weight is 258 g/mol. The normalized spacial score (nSPS) is 16.8. The molecule has 0 unspecified atom stereocenters. The van der Waals surface area contributed by atoms with Gasteiger partial charge in [-0.05, 0) is 37.1 Å². The summed E-state index contributed by atoms with van der Waals surface area (Å²) in [5.41, 5.74) is 3.72. The Labute approximate surface area is 114 Å². The lowest BCUT2D eigenvalue weighted by Gasteiger charge is -2.20. The predicted octanol–water partition coefficient (Wildman–Crippen LogP) is 1.94. The monoisotopic (exact) mass is 258 g/mol. The Morgan fingerprint density at radius 1 is 1.26 bits per heavy atom. The van der Waals surface area contributed by atoms with E-state index in [4.69, 9.17) is 4.98 Å². The lowest BCUT2D eigenvalue weighted by molar-refractivity contribution is 0.724. The lowest BCUT2D eigenvalue weighted by Crippen LogP contribution is -2.29. The minimum Gasteiger partial charge on any atom is -0.341 e. The summed E-state index contributed by atoms with van der Waals surface area (Å²) in [7, 11) is 2.13. The number of benzene rings is 1. The van der Waals surface area contributed by atoms with Crippen LogP contribution in [0.15, 0.2) is 18.2 Å². The van der Waals surface area contributed by atoms with E-state index in [0.29, 0.717) is 0 Å². The van der Waals surface area contributed by atoms with Gasteiger partial charge in [-0.3, -0.25) is 0 Å². The number of aromatic nitrogens is 2. The summed E-state index contributed by atoms with van der Waals surface area (Å²) >= 11 is 0. The molecule has 0 spiro atoms. The standard InChI is InChI=1S/C15H22N4/c1-3-12-5-6-13-14(11-12)18(2)15(17-13)19-9-4-7-16-8-10-19/h5-6,11,16H,3-4,7-10H2,1-2H3. The number of nitrogens with one attached hydrogen (secondary N) is 1. The molecule has 2 heterocycles. The van der Waals surface area contributed by atoms with Gasteiger partial charge in [0.05, 0.1) is 11.0 Å². The third-order valence-corrected chi connectivity index (χ3v) is 3.95. The summed E-state index contributed by atoms with van der Waals surface area (Å²) in [6, 6.07) is 6.60. The van der Waals surface area contributed by atoms with Crippen LogP contribution in [0.2, 0.25) is 0 Å². The van der Waals surface area contributed by atoms with Gasteiger partial charge in [0.2, 0.25) is 5.95 Å². The van der Waals surface area contributed by atoms with Crippen molar-refractivity contribution in [2.45, 2.75) is 19.8 Å². The van der Waals surface area contributed by atoms with Crippen molar-refractivity contribution in [2.75, 3.05) is 31.1 Å².